The smallest absolute Gasteiger partial charge is 0.217 e. The lowest BCUT2D eigenvalue weighted by Gasteiger charge is -2.14. The van der Waals surface area contributed by atoms with Crippen LogP contribution in [0.2, 0.25) is 0 Å². The lowest BCUT2D eigenvalue weighted by Crippen LogP contribution is -2.20. The number of hydrogen-bond donors (Lipinski definition) is 2. The first-order chi connectivity index (χ1) is 15.4. The number of thioether (sulfide) groups is 1. The number of aliphatic hydroxyl groups is 1. The minimum Gasteiger partial charge on any atom is -0.491 e. The number of rotatable bonds is 12. The van der Waals surface area contributed by atoms with Gasteiger partial charge in [-0.3, -0.25) is 4.79 Å². The number of amides is 1. The largest absolute Gasteiger partial charge is 0.491 e. The van der Waals surface area contributed by atoms with E-state index in [2.05, 4.69) is 36.2 Å². The zero-order valence-electron chi connectivity index (χ0n) is 18.5. The molecule has 1 atom stereocenters. The molecule has 32 heavy (non-hydrogen) atoms. The maximum Gasteiger partial charge on any atom is 0.217 e. The van der Waals surface area contributed by atoms with Crippen LogP contribution in [0.5, 0.6) is 5.75 Å². The fourth-order valence-electron chi connectivity index (χ4n) is 3.18. The first-order valence-electron chi connectivity index (χ1n) is 10.7. The van der Waals surface area contributed by atoms with Gasteiger partial charge in [0.25, 0.3) is 0 Å². The molecule has 0 bridgehead atoms. The van der Waals surface area contributed by atoms with Gasteiger partial charge in [0, 0.05) is 25.1 Å². The van der Waals surface area contributed by atoms with Crippen molar-refractivity contribution in [3.63, 3.8) is 0 Å². The molecule has 0 spiro atoms. The van der Waals surface area contributed by atoms with Crippen LogP contribution in [0.15, 0.2) is 59.8 Å². The zero-order chi connectivity index (χ0) is 22.9. The minimum absolute atomic E-state index is 0.185. The minimum atomic E-state index is -0.660. The van der Waals surface area contributed by atoms with Crippen LogP contribution in [0.1, 0.15) is 26.1 Å². The molecule has 0 saturated heterocycles. The summed E-state index contributed by atoms with van der Waals surface area (Å²) in [7, 11) is 0. The number of benzene rings is 2. The fourth-order valence-corrected chi connectivity index (χ4v) is 4.05. The lowest BCUT2D eigenvalue weighted by atomic mass is 10.1. The van der Waals surface area contributed by atoms with E-state index in [0.717, 1.165) is 28.7 Å². The molecule has 2 aromatic carbocycles. The quantitative estimate of drug-likeness (QED) is 0.406. The molecule has 1 aromatic heterocycles. The van der Waals surface area contributed by atoms with Crippen molar-refractivity contribution in [1.82, 2.24) is 14.8 Å². The number of ether oxygens (including phenoxy) is 1. The zero-order valence-corrected chi connectivity index (χ0v) is 19.3. The van der Waals surface area contributed by atoms with Crippen LogP contribution >= 0.6 is 11.8 Å². The molecule has 0 fully saturated rings. The summed E-state index contributed by atoms with van der Waals surface area (Å²) in [6.07, 6.45) is 0.0350. The molecular formula is C24H30N4O3S. The molecule has 0 aliphatic heterocycles. The van der Waals surface area contributed by atoms with Gasteiger partial charge in [-0.05, 0) is 29.2 Å². The molecule has 170 valence electrons. The molecular weight excluding hydrogens is 424 g/mol. The lowest BCUT2D eigenvalue weighted by molar-refractivity contribution is -0.118. The highest BCUT2D eigenvalue weighted by molar-refractivity contribution is 7.99. The molecule has 0 saturated carbocycles. The highest BCUT2D eigenvalue weighted by Crippen LogP contribution is 2.23. The summed E-state index contributed by atoms with van der Waals surface area (Å²) in [5.74, 6) is 1.91. The number of nitrogens with zero attached hydrogens (tertiary/aromatic N) is 3. The molecule has 3 rings (SSSR count). The second-order valence-electron chi connectivity index (χ2n) is 8.04. The van der Waals surface area contributed by atoms with E-state index in [9.17, 15) is 9.90 Å². The Bertz CT molecular complexity index is 990. The molecule has 1 unspecified atom stereocenters. The van der Waals surface area contributed by atoms with Crippen molar-refractivity contribution >= 4 is 17.7 Å². The Hall–Kier alpha value is -2.84. The number of primary amides is 1. The van der Waals surface area contributed by atoms with Crippen molar-refractivity contribution in [3.8, 4) is 16.9 Å². The van der Waals surface area contributed by atoms with Crippen LogP contribution < -0.4 is 10.5 Å². The fraction of sp³-hybridized carbons (Fsp3) is 0.375. The third-order valence-electron chi connectivity index (χ3n) is 4.74. The molecule has 3 aromatic rings. The number of aromatic nitrogens is 3. The number of nitrogens with two attached hydrogens (primary N) is 1. The van der Waals surface area contributed by atoms with E-state index in [0.29, 0.717) is 23.8 Å². The average Bonchev–Trinajstić information content (AvgIpc) is 3.16. The van der Waals surface area contributed by atoms with E-state index in [1.807, 2.05) is 47.0 Å². The summed E-state index contributed by atoms with van der Waals surface area (Å²) >= 11 is 1.43. The SMILES string of the molecule is CC(C)Cn1c(CCC(N)=O)nnc1SCC(O)COc1ccc(-c2ccccc2)cc1. The number of carbonyl (C=O) groups is 1. The molecule has 0 aliphatic carbocycles. The second kappa shape index (κ2) is 11.7. The maximum absolute atomic E-state index is 11.1. The normalized spacial score (nSPS) is 12.1. The van der Waals surface area contributed by atoms with E-state index in [4.69, 9.17) is 10.5 Å². The molecule has 1 amide bonds. The third-order valence-corrected chi connectivity index (χ3v) is 5.86. The van der Waals surface area contributed by atoms with Gasteiger partial charge in [0.15, 0.2) is 5.16 Å². The van der Waals surface area contributed by atoms with Crippen molar-refractivity contribution in [2.75, 3.05) is 12.4 Å². The van der Waals surface area contributed by atoms with Crippen molar-refractivity contribution in [2.24, 2.45) is 11.7 Å². The Morgan fingerprint density at radius 3 is 2.44 bits per heavy atom. The van der Waals surface area contributed by atoms with Crippen LogP contribution in [0.3, 0.4) is 0 Å². The highest BCUT2D eigenvalue weighted by atomic mass is 32.2. The van der Waals surface area contributed by atoms with Gasteiger partial charge >= 0.3 is 0 Å². The predicted molar refractivity (Wildman–Crippen MR) is 126 cm³/mol. The molecule has 8 heteroatoms. The second-order valence-corrected chi connectivity index (χ2v) is 9.02. The molecule has 0 radical (unpaired) electrons. The van der Waals surface area contributed by atoms with Crippen LogP contribution in [-0.4, -0.2) is 44.2 Å². The van der Waals surface area contributed by atoms with Gasteiger partial charge in [0.1, 0.15) is 18.2 Å². The van der Waals surface area contributed by atoms with Crippen LogP contribution in [-0.2, 0) is 17.8 Å². The van der Waals surface area contributed by atoms with Crippen molar-refractivity contribution in [3.05, 3.63) is 60.4 Å². The van der Waals surface area contributed by atoms with E-state index in [1.165, 1.54) is 11.8 Å². The van der Waals surface area contributed by atoms with Gasteiger partial charge in [0.2, 0.25) is 5.91 Å². The number of carbonyl (C=O) groups excluding carboxylic acids is 1. The standard InChI is InChI=1S/C24H30N4O3S/c1-17(2)14-28-23(13-12-22(25)30)26-27-24(28)32-16-20(29)15-31-21-10-8-19(9-11-21)18-6-4-3-5-7-18/h3-11,17,20,29H,12-16H2,1-2H3,(H2,25,30). The molecule has 0 aliphatic rings. The molecule has 3 N–H and O–H groups in total. The van der Waals surface area contributed by atoms with Crippen LogP contribution in [0.4, 0.5) is 0 Å². The van der Waals surface area contributed by atoms with Gasteiger partial charge in [0.05, 0.1) is 6.10 Å². The summed E-state index contributed by atoms with van der Waals surface area (Å²) in [6.45, 7) is 5.14. The van der Waals surface area contributed by atoms with E-state index in [1.54, 1.807) is 0 Å². The van der Waals surface area contributed by atoms with Gasteiger partial charge in [-0.25, -0.2) is 0 Å². The average molecular weight is 455 g/mol. The van der Waals surface area contributed by atoms with E-state index >= 15 is 0 Å². The van der Waals surface area contributed by atoms with Gasteiger partial charge in [-0.1, -0.05) is 68.1 Å². The van der Waals surface area contributed by atoms with Crippen molar-refractivity contribution in [1.29, 1.82) is 0 Å². The first kappa shape index (κ1) is 23.8. The first-order valence-corrected chi connectivity index (χ1v) is 11.7. The summed E-state index contributed by atoms with van der Waals surface area (Å²) < 4.78 is 7.76. The van der Waals surface area contributed by atoms with Crippen LogP contribution in [0, 0.1) is 5.92 Å². The van der Waals surface area contributed by atoms with Gasteiger partial charge in [-0.15, -0.1) is 10.2 Å². The summed E-state index contributed by atoms with van der Waals surface area (Å²) in [6, 6.07) is 18.0. The van der Waals surface area contributed by atoms with E-state index in [-0.39, 0.29) is 18.9 Å². The Balaban J connectivity index is 1.52. The number of aryl methyl sites for hydroxylation is 1. The topological polar surface area (TPSA) is 103 Å². The third kappa shape index (κ3) is 7.10. The summed E-state index contributed by atoms with van der Waals surface area (Å²) in [5.41, 5.74) is 7.53. The van der Waals surface area contributed by atoms with Crippen molar-refractivity contribution in [2.45, 2.75) is 44.5 Å². The summed E-state index contributed by atoms with van der Waals surface area (Å²) in [5, 5.41) is 19.6. The van der Waals surface area contributed by atoms with Crippen LogP contribution in [0.25, 0.3) is 11.1 Å². The van der Waals surface area contributed by atoms with Gasteiger partial charge in [-0.2, -0.15) is 0 Å². The van der Waals surface area contributed by atoms with E-state index < -0.39 is 6.10 Å². The Labute approximate surface area is 193 Å². The maximum atomic E-state index is 11.1. The Morgan fingerprint density at radius 1 is 1.09 bits per heavy atom. The summed E-state index contributed by atoms with van der Waals surface area (Å²) in [4.78, 5) is 11.1. The highest BCUT2D eigenvalue weighted by Gasteiger charge is 2.16. The Kier molecular flexibility index (Phi) is 8.70. The van der Waals surface area contributed by atoms with Crippen molar-refractivity contribution < 1.29 is 14.6 Å². The Morgan fingerprint density at radius 2 is 1.78 bits per heavy atom. The molecule has 1 heterocycles. The monoisotopic (exact) mass is 454 g/mol. The number of aliphatic hydroxyl groups excluding tert-OH is 1. The molecule has 7 nitrogen and oxygen atoms in total. The van der Waals surface area contributed by atoms with Gasteiger partial charge < -0.3 is 20.1 Å². The predicted octanol–water partition coefficient (Wildman–Crippen LogP) is 3.55. The number of hydrogen-bond acceptors (Lipinski definition) is 6.